The molecule has 1 aromatic carbocycles. The zero-order chi connectivity index (χ0) is 15.1. The Morgan fingerprint density at radius 1 is 1.45 bits per heavy atom. The molecule has 0 aromatic heterocycles. The van der Waals surface area contributed by atoms with Crippen molar-refractivity contribution in [3.05, 3.63) is 23.8 Å². The van der Waals surface area contributed by atoms with Gasteiger partial charge in [-0.3, -0.25) is 4.79 Å². The van der Waals surface area contributed by atoms with Crippen molar-refractivity contribution in [2.24, 2.45) is 0 Å². The average Bonchev–Trinajstić information content (AvgIpc) is 2.71. The lowest BCUT2D eigenvalue weighted by molar-refractivity contribution is -0.117. The molecular formula is C11H11FN2O5S. The van der Waals surface area contributed by atoms with E-state index in [1.807, 2.05) is 0 Å². The molecule has 1 saturated heterocycles. The summed E-state index contributed by atoms with van der Waals surface area (Å²) >= 11 is 0. The van der Waals surface area contributed by atoms with Crippen LogP contribution in [-0.4, -0.2) is 37.2 Å². The summed E-state index contributed by atoms with van der Waals surface area (Å²) in [6.45, 7) is -0.384. The molecule has 2 rings (SSSR count). The van der Waals surface area contributed by atoms with Crippen molar-refractivity contribution in [1.29, 1.82) is 0 Å². The molecule has 0 radical (unpaired) electrons. The third kappa shape index (κ3) is 2.44. The summed E-state index contributed by atoms with van der Waals surface area (Å²) in [6.07, 6.45) is -0.491. The lowest BCUT2D eigenvalue weighted by Crippen LogP contribution is -2.28. The lowest BCUT2D eigenvalue weighted by Gasteiger charge is -2.19. The smallest absolute Gasteiger partial charge is 0.337 e. The van der Waals surface area contributed by atoms with Crippen LogP contribution in [-0.2, 0) is 15.0 Å². The monoisotopic (exact) mass is 302 g/mol. The predicted molar refractivity (Wildman–Crippen MR) is 68.6 cm³/mol. The second-order valence-electron chi connectivity index (χ2n) is 4.35. The fraction of sp³-hybridized carbons (Fsp3) is 0.273. The number of halogens is 1. The van der Waals surface area contributed by atoms with E-state index in [1.165, 1.54) is 18.2 Å². The number of hydrogen-bond acceptors (Lipinski definition) is 5. The number of nitrogens with two attached hydrogens (primary N) is 1. The molecule has 1 aromatic rings. The number of anilines is 2. The number of nitrogen functional groups attached to an aromatic ring is 1. The van der Waals surface area contributed by atoms with Crippen molar-refractivity contribution >= 4 is 33.5 Å². The summed E-state index contributed by atoms with van der Waals surface area (Å²) in [6, 6.07) is 4.01. The van der Waals surface area contributed by atoms with Gasteiger partial charge in [-0.25, -0.2) is 4.79 Å². The van der Waals surface area contributed by atoms with E-state index in [0.29, 0.717) is 0 Å². The number of carboxylic acids is 1. The Kier molecular flexibility index (Phi) is 3.38. The topological polar surface area (TPSA) is 118 Å². The van der Waals surface area contributed by atoms with Gasteiger partial charge in [0, 0.05) is 13.0 Å². The first-order chi connectivity index (χ1) is 9.21. The fourth-order valence-electron chi connectivity index (χ4n) is 2.07. The Morgan fingerprint density at radius 2 is 2.10 bits per heavy atom. The van der Waals surface area contributed by atoms with E-state index in [0.717, 1.165) is 4.90 Å². The zero-order valence-corrected chi connectivity index (χ0v) is 10.9. The molecule has 1 atom stereocenters. The van der Waals surface area contributed by atoms with E-state index < -0.39 is 33.8 Å². The molecule has 1 aliphatic heterocycles. The Bertz CT molecular complexity index is 688. The number of hydrogen-bond donors (Lipinski definition) is 2. The van der Waals surface area contributed by atoms with Crippen LogP contribution in [0.2, 0.25) is 0 Å². The number of rotatable bonds is 3. The Labute approximate surface area is 114 Å². The van der Waals surface area contributed by atoms with E-state index in [2.05, 4.69) is 0 Å². The van der Waals surface area contributed by atoms with Crippen LogP contribution >= 0.6 is 0 Å². The van der Waals surface area contributed by atoms with Crippen molar-refractivity contribution in [2.45, 2.75) is 11.7 Å². The highest BCUT2D eigenvalue weighted by molar-refractivity contribution is 7.87. The van der Waals surface area contributed by atoms with Crippen LogP contribution in [0.4, 0.5) is 15.3 Å². The molecule has 7 nitrogen and oxygen atoms in total. The van der Waals surface area contributed by atoms with Gasteiger partial charge in [0.15, 0.2) is 0 Å². The van der Waals surface area contributed by atoms with Crippen molar-refractivity contribution in [3.63, 3.8) is 0 Å². The summed E-state index contributed by atoms with van der Waals surface area (Å²) in [5, 5.41) is 7.49. The van der Waals surface area contributed by atoms with Crippen molar-refractivity contribution < 1.29 is 27.0 Å². The van der Waals surface area contributed by atoms with Gasteiger partial charge in [0.25, 0.3) is 0 Å². The minimum atomic E-state index is -4.84. The highest BCUT2D eigenvalue weighted by Gasteiger charge is 2.39. The normalized spacial score (nSPS) is 19.4. The maximum atomic E-state index is 12.9. The first-order valence-electron chi connectivity index (χ1n) is 5.57. The van der Waals surface area contributed by atoms with Gasteiger partial charge in [-0.2, -0.15) is 8.42 Å². The third-order valence-electron chi connectivity index (χ3n) is 3.09. The maximum Gasteiger partial charge on any atom is 0.337 e. The number of amides is 1. The molecular weight excluding hydrogens is 291 g/mol. The predicted octanol–water partition coefficient (Wildman–Crippen LogP) is 0.372. The van der Waals surface area contributed by atoms with Crippen LogP contribution < -0.4 is 10.6 Å². The van der Waals surface area contributed by atoms with Gasteiger partial charge in [0.05, 0.1) is 16.9 Å². The van der Waals surface area contributed by atoms with Crippen LogP contribution in [0.15, 0.2) is 18.2 Å². The number of nitrogens with zero attached hydrogens (tertiary/aromatic N) is 1. The summed E-state index contributed by atoms with van der Waals surface area (Å²) in [4.78, 5) is 23.7. The first kappa shape index (κ1) is 14.3. The largest absolute Gasteiger partial charge is 0.478 e. The van der Waals surface area contributed by atoms with Crippen LogP contribution in [0.1, 0.15) is 16.8 Å². The number of benzene rings is 1. The maximum absolute atomic E-state index is 12.9. The van der Waals surface area contributed by atoms with Crippen LogP contribution in [0.25, 0.3) is 0 Å². The molecule has 0 aliphatic carbocycles. The molecule has 3 N–H and O–H groups in total. The van der Waals surface area contributed by atoms with Crippen molar-refractivity contribution in [1.82, 2.24) is 0 Å². The van der Waals surface area contributed by atoms with Gasteiger partial charge in [0.2, 0.25) is 5.91 Å². The summed E-state index contributed by atoms with van der Waals surface area (Å²) in [5.74, 6) is -1.89. The van der Waals surface area contributed by atoms with Gasteiger partial charge >= 0.3 is 16.2 Å². The molecule has 0 saturated carbocycles. The number of aromatic carboxylic acids is 1. The van der Waals surface area contributed by atoms with Crippen molar-refractivity contribution in [2.75, 3.05) is 17.2 Å². The number of carboxylic acid groups (broad SMARTS) is 1. The molecule has 9 heteroatoms. The zero-order valence-electron chi connectivity index (χ0n) is 10.1. The number of para-hydroxylation sites is 1. The third-order valence-corrected chi connectivity index (χ3v) is 4.20. The minimum Gasteiger partial charge on any atom is -0.478 e. The van der Waals surface area contributed by atoms with Gasteiger partial charge in [-0.1, -0.05) is 6.07 Å². The Morgan fingerprint density at radius 3 is 2.60 bits per heavy atom. The molecule has 0 spiro atoms. The SMILES string of the molecule is Nc1c(C(=O)O)cccc1N1CC(S(=O)(=O)F)CC1=O. The second kappa shape index (κ2) is 4.75. The highest BCUT2D eigenvalue weighted by atomic mass is 32.3. The van der Waals surface area contributed by atoms with E-state index in [-0.39, 0.29) is 23.5 Å². The van der Waals surface area contributed by atoms with Gasteiger partial charge in [0.1, 0.15) is 5.25 Å². The lowest BCUT2D eigenvalue weighted by atomic mass is 10.1. The summed E-state index contributed by atoms with van der Waals surface area (Å²) < 4.78 is 34.6. The molecule has 108 valence electrons. The molecule has 1 heterocycles. The number of carbonyl (C=O) groups excluding carboxylic acids is 1. The first-order valence-corrected chi connectivity index (χ1v) is 7.02. The molecule has 20 heavy (non-hydrogen) atoms. The molecule has 1 fully saturated rings. The van der Waals surface area contributed by atoms with Gasteiger partial charge in [-0.15, -0.1) is 3.89 Å². The summed E-state index contributed by atoms with van der Waals surface area (Å²) in [7, 11) is -4.84. The number of carbonyl (C=O) groups is 2. The average molecular weight is 302 g/mol. The van der Waals surface area contributed by atoms with E-state index >= 15 is 0 Å². The molecule has 1 aliphatic rings. The standard InChI is InChI=1S/C11H11FN2O5S/c12-20(18,19)6-4-9(15)14(5-6)8-3-1-2-7(10(8)13)11(16)17/h1-3,6H,4-5,13H2,(H,16,17). The summed E-state index contributed by atoms with van der Waals surface area (Å²) in [5.41, 5.74) is 5.36. The van der Waals surface area contributed by atoms with E-state index in [1.54, 1.807) is 0 Å². The second-order valence-corrected chi connectivity index (χ2v) is 5.97. The quantitative estimate of drug-likeness (QED) is 0.615. The van der Waals surface area contributed by atoms with Crippen LogP contribution in [0.5, 0.6) is 0 Å². The minimum absolute atomic E-state index is 0.0704. The van der Waals surface area contributed by atoms with Crippen molar-refractivity contribution in [3.8, 4) is 0 Å². The Hall–Kier alpha value is -2.16. The highest BCUT2D eigenvalue weighted by Crippen LogP contribution is 2.32. The van der Waals surface area contributed by atoms with Gasteiger partial charge < -0.3 is 15.7 Å². The fourth-order valence-corrected chi connectivity index (χ4v) is 2.74. The van der Waals surface area contributed by atoms with E-state index in [9.17, 15) is 21.9 Å². The van der Waals surface area contributed by atoms with Crippen LogP contribution in [0, 0.1) is 0 Å². The van der Waals surface area contributed by atoms with Crippen LogP contribution in [0.3, 0.4) is 0 Å². The molecule has 1 unspecified atom stereocenters. The molecule has 1 amide bonds. The molecule has 0 bridgehead atoms. The van der Waals surface area contributed by atoms with Gasteiger partial charge in [-0.05, 0) is 12.1 Å². The van der Waals surface area contributed by atoms with E-state index in [4.69, 9.17) is 10.8 Å². The Balaban J connectivity index is 2.41.